The second kappa shape index (κ2) is 4.12. The quantitative estimate of drug-likeness (QED) is 0.394. The second-order valence-electron chi connectivity index (χ2n) is 0.283. The van der Waals surface area contributed by atoms with Gasteiger partial charge in [0.25, 0.3) is 0 Å². The summed E-state index contributed by atoms with van der Waals surface area (Å²) in [5.41, 5.74) is 0. The van der Waals surface area contributed by atoms with E-state index in [2.05, 4.69) is 0 Å². The zero-order valence-corrected chi connectivity index (χ0v) is 4.18. The van der Waals surface area contributed by atoms with Crippen LogP contribution in [0.2, 0.25) is 0 Å². The Morgan fingerprint density at radius 3 is 1.40 bits per heavy atom. The van der Waals surface area contributed by atoms with Crippen molar-refractivity contribution < 1.29 is 30.8 Å². The Morgan fingerprint density at radius 1 is 1.40 bits per heavy atom. The molecule has 5 heteroatoms. The van der Waals surface area contributed by atoms with Crippen molar-refractivity contribution in [2.75, 3.05) is 0 Å². The molecule has 31 valence electrons. The minimum Gasteiger partial charge on any atom is -0.511 e. The van der Waals surface area contributed by atoms with E-state index in [1.54, 1.807) is 0 Å². The minimum atomic E-state index is -3.13. The molecule has 0 aromatic carbocycles. The molecule has 0 bridgehead atoms. The Morgan fingerprint density at radius 2 is 1.40 bits per heavy atom. The van der Waals surface area contributed by atoms with E-state index < -0.39 is 9.17 Å². The Labute approximate surface area is 40.7 Å². The van der Waals surface area contributed by atoms with Crippen molar-refractivity contribution >= 4 is 9.17 Å². The summed E-state index contributed by atoms with van der Waals surface area (Å²) in [6.45, 7) is 0. The van der Waals surface area contributed by atoms with Crippen molar-refractivity contribution in [1.82, 2.24) is 0 Å². The maximum Gasteiger partial charge on any atom is 2.00 e. The van der Waals surface area contributed by atoms with Crippen molar-refractivity contribution in [3.05, 3.63) is 0 Å². The van der Waals surface area contributed by atoms with E-state index >= 15 is 0 Å². The third-order valence-electron chi connectivity index (χ3n) is 0. The third-order valence-corrected chi connectivity index (χ3v) is 0. The molecule has 2 N–H and O–H groups in total. The van der Waals surface area contributed by atoms with Crippen LogP contribution in [0.4, 0.5) is 0 Å². The van der Waals surface area contributed by atoms with E-state index in [4.69, 9.17) is 14.1 Å². The average Bonchev–Trinajstić information content (AvgIpc) is 0.811. The zero-order chi connectivity index (χ0) is 3.58. The molecule has 0 saturated heterocycles. The van der Waals surface area contributed by atoms with Gasteiger partial charge in [0.15, 0.2) is 0 Å². The van der Waals surface area contributed by atoms with Crippen molar-refractivity contribution in [3.8, 4) is 0 Å². The largest absolute Gasteiger partial charge is 2.00 e. The van der Waals surface area contributed by atoms with Crippen molar-refractivity contribution in [2.24, 2.45) is 0 Å². The maximum atomic E-state index is 8.74. The van der Waals surface area contributed by atoms with Gasteiger partial charge in [-0.3, -0.25) is 4.46 Å². The van der Waals surface area contributed by atoms with Crippen LogP contribution in [-0.4, -0.2) is 18.8 Å². The van der Waals surface area contributed by atoms with Crippen LogP contribution < -0.4 is 0 Å². The van der Waals surface area contributed by atoms with Crippen LogP contribution in [0.3, 0.4) is 0 Å². The number of rotatable bonds is 0. The van der Waals surface area contributed by atoms with Crippen molar-refractivity contribution in [1.29, 1.82) is 0 Å². The first-order chi connectivity index (χ1) is 1.73. The smallest absolute Gasteiger partial charge is 0.511 e. The Kier molecular flexibility index (Phi) is 7.36. The van der Waals surface area contributed by atoms with Crippen molar-refractivity contribution in [2.45, 2.75) is 0 Å². The first-order valence-corrected chi connectivity index (χ1v) is 1.95. The van der Waals surface area contributed by atoms with Gasteiger partial charge in [0.05, 0.1) is 0 Å². The van der Waals surface area contributed by atoms with Gasteiger partial charge in [-0.25, -0.2) is 0 Å². The van der Waals surface area contributed by atoms with Crippen LogP contribution in [0.1, 0.15) is 0 Å². The van der Waals surface area contributed by atoms with Crippen LogP contribution in [-0.2, 0) is 21.2 Å². The van der Waals surface area contributed by atoms with E-state index in [0.29, 0.717) is 0 Å². The SMILES string of the molecule is O=[Si](O)O.[Co+2]. The zero-order valence-electron chi connectivity index (χ0n) is 2.14. The normalized spacial score (nSPS) is 4.80. The first-order valence-electron chi connectivity index (χ1n) is 0.651. The summed E-state index contributed by atoms with van der Waals surface area (Å²) in [6, 6.07) is 0. The van der Waals surface area contributed by atoms with Crippen molar-refractivity contribution in [3.63, 3.8) is 0 Å². The number of hydrogen-bond acceptors (Lipinski definition) is 1. The van der Waals surface area contributed by atoms with Gasteiger partial charge in [-0.1, -0.05) is 0 Å². The Bertz CT molecular complexity index is 29.9. The van der Waals surface area contributed by atoms with E-state index in [-0.39, 0.29) is 16.8 Å². The summed E-state index contributed by atoms with van der Waals surface area (Å²) < 4.78 is 8.74. The van der Waals surface area contributed by atoms with Crippen LogP contribution >= 0.6 is 0 Å². The summed E-state index contributed by atoms with van der Waals surface area (Å²) in [7, 11) is -3.13. The molecule has 0 fully saturated rings. The summed E-state index contributed by atoms with van der Waals surface area (Å²) in [4.78, 5) is 14.3. The molecule has 0 aliphatic heterocycles. The number of hydrogen-bond donors (Lipinski definition) is 2. The molecule has 0 aliphatic rings. The molecule has 3 nitrogen and oxygen atoms in total. The summed E-state index contributed by atoms with van der Waals surface area (Å²) in [6.07, 6.45) is 0. The van der Waals surface area contributed by atoms with Gasteiger partial charge >= 0.3 is 25.9 Å². The third kappa shape index (κ3) is 1220. The molecule has 0 rings (SSSR count). The van der Waals surface area contributed by atoms with Gasteiger partial charge in [0.1, 0.15) is 0 Å². The van der Waals surface area contributed by atoms with Crippen LogP contribution in [0.25, 0.3) is 0 Å². The molecule has 1 radical (unpaired) electrons. The van der Waals surface area contributed by atoms with Crippen LogP contribution in [0, 0.1) is 0 Å². The maximum absolute atomic E-state index is 8.74. The molecule has 0 spiro atoms. The predicted octanol–water partition coefficient (Wildman–Crippen LogP) is -1.62. The van der Waals surface area contributed by atoms with Gasteiger partial charge in [0.2, 0.25) is 0 Å². The second-order valence-corrected chi connectivity index (χ2v) is 0.848. The molecule has 0 heterocycles. The molecule has 0 amide bonds. The van der Waals surface area contributed by atoms with Gasteiger partial charge < -0.3 is 9.59 Å². The standard InChI is InChI=1S/Co.H2O3Si/c;1-4(2)3/h;1-2H/q+2;. The molecule has 0 atom stereocenters. The van der Waals surface area contributed by atoms with Gasteiger partial charge in [-0.2, -0.15) is 0 Å². The molecular formula is H2CoO3Si+2. The van der Waals surface area contributed by atoms with Gasteiger partial charge in [-0.15, -0.1) is 0 Å². The predicted molar refractivity (Wildman–Crippen MR) is 10.9 cm³/mol. The molecule has 0 aromatic heterocycles. The topological polar surface area (TPSA) is 57.5 Å². The molecule has 5 heavy (non-hydrogen) atoms. The van der Waals surface area contributed by atoms with E-state index in [1.165, 1.54) is 0 Å². The molecule has 0 unspecified atom stereocenters. The fourth-order valence-electron chi connectivity index (χ4n) is 0. The molecule has 0 saturated carbocycles. The van der Waals surface area contributed by atoms with E-state index in [1.807, 2.05) is 0 Å². The van der Waals surface area contributed by atoms with E-state index in [9.17, 15) is 0 Å². The Balaban J connectivity index is 0. The van der Waals surface area contributed by atoms with Gasteiger partial charge in [0, 0.05) is 0 Å². The first kappa shape index (κ1) is 8.93. The summed E-state index contributed by atoms with van der Waals surface area (Å²) in [5, 5.41) is 0. The minimum absolute atomic E-state index is 0. The fourth-order valence-corrected chi connectivity index (χ4v) is 0. The van der Waals surface area contributed by atoms with Gasteiger partial charge in [-0.05, 0) is 0 Å². The Hall–Kier alpha value is 0.123. The van der Waals surface area contributed by atoms with Crippen LogP contribution in [0.5, 0.6) is 0 Å². The summed E-state index contributed by atoms with van der Waals surface area (Å²) in [5.74, 6) is 0. The summed E-state index contributed by atoms with van der Waals surface area (Å²) >= 11 is 0. The monoisotopic (exact) mass is 137 g/mol. The molecule has 0 aromatic rings. The van der Waals surface area contributed by atoms with E-state index in [0.717, 1.165) is 0 Å². The van der Waals surface area contributed by atoms with Crippen LogP contribution in [0.15, 0.2) is 0 Å². The molecule has 0 aliphatic carbocycles. The fraction of sp³-hybridized carbons (Fsp3) is 0. The molecular weight excluding hydrogens is 135 g/mol. The average molecular weight is 137 g/mol.